The number of carbonyl (C=O) groups is 1. The Morgan fingerprint density at radius 2 is 1.86 bits per heavy atom. The summed E-state index contributed by atoms with van der Waals surface area (Å²) in [6, 6.07) is 18.0. The number of halogens is 1. The maximum atomic E-state index is 13.4. The van der Waals surface area contributed by atoms with E-state index in [1.54, 1.807) is 35.5 Å². The molecule has 2 aromatic carbocycles. The minimum atomic E-state index is -0.515. The van der Waals surface area contributed by atoms with Crippen molar-refractivity contribution in [3.63, 3.8) is 0 Å². The summed E-state index contributed by atoms with van der Waals surface area (Å²) >= 11 is 3.41. The van der Waals surface area contributed by atoms with Crippen LogP contribution in [0.5, 0.6) is 0 Å². The lowest BCUT2D eigenvalue weighted by Crippen LogP contribution is -2.29. The molecule has 0 fully saturated rings. The Hall–Kier alpha value is -3.25. The Labute approximate surface area is 174 Å². The second-order valence-corrected chi connectivity index (χ2v) is 7.84. The predicted molar refractivity (Wildman–Crippen MR) is 113 cm³/mol. The predicted octanol–water partition coefficient (Wildman–Crippen LogP) is 4.70. The molecule has 0 aliphatic carbocycles. The summed E-state index contributed by atoms with van der Waals surface area (Å²) in [5.41, 5.74) is 2.36. The van der Waals surface area contributed by atoms with Crippen LogP contribution in [0.25, 0.3) is 11.0 Å². The quantitative estimate of drug-likeness (QED) is 0.457. The van der Waals surface area contributed by atoms with E-state index in [1.165, 1.54) is 0 Å². The molecule has 29 heavy (non-hydrogen) atoms. The molecule has 0 spiro atoms. The van der Waals surface area contributed by atoms with Gasteiger partial charge in [-0.05, 0) is 35.4 Å². The van der Waals surface area contributed by atoms with Gasteiger partial charge in [-0.2, -0.15) is 0 Å². The molecule has 2 aromatic heterocycles. The highest BCUT2D eigenvalue weighted by Crippen LogP contribution is 2.39. The van der Waals surface area contributed by atoms with Gasteiger partial charge in [0.1, 0.15) is 5.58 Å². The van der Waals surface area contributed by atoms with Gasteiger partial charge in [0, 0.05) is 23.4 Å². The van der Waals surface area contributed by atoms with Crippen molar-refractivity contribution >= 4 is 32.8 Å². The zero-order valence-corrected chi connectivity index (χ0v) is 16.8. The Morgan fingerprint density at radius 3 is 2.62 bits per heavy atom. The van der Waals surface area contributed by atoms with Crippen LogP contribution in [0.1, 0.15) is 33.3 Å². The molecule has 142 valence electrons. The van der Waals surface area contributed by atoms with Crippen LogP contribution >= 0.6 is 15.9 Å². The van der Waals surface area contributed by atoms with Gasteiger partial charge < -0.3 is 9.32 Å². The average Bonchev–Trinajstić information content (AvgIpc) is 3.02. The van der Waals surface area contributed by atoms with E-state index < -0.39 is 6.04 Å². The van der Waals surface area contributed by atoms with E-state index in [0.717, 1.165) is 15.6 Å². The molecule has 1 atom stereocenters. The number of pyridine rings is 1. The lowest BCUT2D eigenvalue weighted by molar-refractivity contribution is 0.0714. The van der Waals surface area contributed by atoms with E-state index in [0.29, 0.717) is 23.1 Å². The first-order valence-corrected chi connectivity index (χ1v) is 9.94. The molecular formula is C23H15BrN2O3. The second-order valence-electron chi connectivity index (χ2n) is 6.92. The smallest absolute Gasteiger partial charge is 0.291 e. The maximum absolute atomic E-state index is 13.4. The van der Waals surface area contributed by atoms with Crippen LogP contribution in [0.4, 0.5) is 0 Å². The van der Waals surface area contributed by atoms with Gasteiger partial charge in [0.05, 0.1) is 17.0 Å². The lowest BCUT2D eigenvalue weighted by atomic mass is 9.98. The van der Waals surface area contributed by atoms with Gasteiger partial charge in [0.2, 0.25) is 5.76 Å². The summed E-state index contributed by atoms with van der Waals surface area (Å²) in [4.78, 5) is 32.6. The monoisotopic (exact) mass is 446 g/mol. The van der Waals surface area contributed by atoms with Crippen LogP contribution in [0.15, 0.2) is 86.7 Å². The molecule has 4 aromatic rings. The standard InChI is InChI=1S/C23H15BrN2O3/c24-16-8-9-18-17(11-16)21(27)19-20(15-6-2-1-3-7-15)26(23(28)22(19)29-18)13-14-5-4-10-25-12-14/h1-12,20H,13H2. The minimum Gasteiger partial charge on any atom is -0.450 e. The SMILES string of the molecule is O=C1c2oc3ccc(Br)cc3c(=O)c2C(c2ccccc2)N1Cc1cccnc1. The average molecular weight is 447 g/mol. The highest BCUT2D eigenvalue weighted by Gasteiger charge is 2.42. The molecule has 0 N–H and O–H groups in total. The Morgan fingerprint density at radius 1 is 1.03 bits per heavy atom. The first-order chi connectivity index (χ1) is 14.1. The normalized spacial score (nSPS) is 15.7. The van der Waals surface area contributed by atoms with Crippen molar-refractivity contribution in [2.45, 2.75) is 12.6 Å². The van der Waals surface area contributed by atoms with Gasteiger partial charge in [0.15, 0.2) is 5.43 Å². The van der Waals surface area contributed by atoms with E-state index in [9.17, 15) is 9.59 Å². The topological polar surface area (TPSA) is 63.4 Å². The van der Waals surface area contributed by atoms with Crippen LogP contribution in [0.3, 0.4) is 0 Å². The highest BCUT2D eigenvalue weighted by atomic mass is 79.9. The Kier molecular flexibility index (Phi) is 4.28. The first kappa shape index (κ1) is 17.8. The first-order valence-electron chi connectivity index (χ1n) is 9.14. The van der Waals surface area contributed by atoms with Crippen LogP contribution in [0, 0.1) is 0 Å². The van der Waals surface area contributed by atoms with Gasteiger partial charge in [0.25, 0.3) is 5.91 Å². The van der Waals surface area contributed by atoms with E-state index >= 15 is 0 Å². The van der Waals surface area contributed by atoms with Crippen LogP contribution in [0.2, 0.25) is 0 Å². The zero-order valence-electron chi connectivity index (χ0n) is 15.2. The second kappa shape index (κ2) is 6.97. The van der Waals surface area contributed by atoms with Crippen LogP contribution in [-0.2, 0) is 6.54 Å². The number of hydrogen-bond donors (Lipinski definition) is 0. The fraction of sp³-hybridized carbons (Fsp3) is 0.0870. The fourth-order valence-electron chi connectivity index (χ4n) is 3.83. The number of nitrogens with zero attached hydrogens (tertiary/aromatic N) is 2. The van der Waals surface area contributed by atoms with E-state index in [-0.39, 0.29) is 17.1 Å². The molecule has 0 bridgehead atoms. The molecule has 1 amide bonds. The van der Waals surface area contributed by atoms with Crippen LogP contribution < -0.4 is 5.43 Å². The van der Waals surface area contributed by atoms with Crippen molar-refractivity contribution in [3.8, 4) is 0 Å². The van der Waals surface area contributed by atoms with Gasteiger partial charge >= 0.3 is 0 Å². The number of benzene rings is 2. The summed E-state index contributed by atoms with van der Waals surface area (Å²) in [7, 11) is 0. The van der Waals surface area contributed by atoms with Crippen molar-refractivity contribution in [1.82, 2.24) is 9.88 Å². The van der Waals surface area contributed by atoms with Crippen molar-refractivity contribution in [3.05, 3.63) is 110 Å². The van der Waals surface area contributed by atoms with E-state index in [1.807, 2.05) is 42.5 Å². The van der Waals surface area contributed by atoms with E-state index in [4.69, 9.17) is 4.42 Å². The molecule has 5 nitrogen and oxygen atoms in total. The number of carbonyl (C=O) groups excluding carboxylic acids is 1. The summed E-state index contributed by atoms with van der Waals surface area (Å²) in [6.07, 6.45) is 3.41. The highest BCUT2D eigenvalue weighted by molar-refractivity contribution is 9.10. The largest absolute Gasteiger partial charge is 0.450 e. The number of fused-ring (bicyclic) bond motifs is 2. The van der Waals surface area contributed by atoms with Crippen LogP contribution in [-0.4, -0.2) is 15.8 Å². The summed E-state index contributed by atoms with van der Waals surface area (Å²) in [5, 5.41) is 0.454. The molecule has 5 rings (SSSR count). The lowest BCUT2D eigenvalue weighted by Gasteiger charge is -2.25. The number of amides is 1. The summed E-state index contributed by atoms with van der Waals surface area (Å²) in [6.45, 7) is 0.329. The van der Waals surface area contributed by atoms with Gasteiger partial charge in [-0.25, -0.2) is 0 Å². The van der Waals surface area contributed by atoms with E-state index in [2.05, 4.69) is 20.9 Å². The number of hydrogen-bond acceptors (Lipinski definition) is 4. The van der Waals surface area contributed by atoms with Crippen molar-refractivity contribution in [2.75, 3.05) is 0 Å². The third kappa shape index (κ3) is 2.96. The number of rotatable bonds is 3. The van der Waals surface area contributed by atoms with Crippen molar-refractivity contribution in [1.29, 1.82) is 0 Å². The third-order valence-electron chi connectivity index (χ3n) is 5.12. The molecule has 3 heterocycles. The summed E-state index contributed by atoms with van der Waals surface area (Å²) in [5.74, 6) is -0.179. The molecule has 6 heteroatoms. The molecule has 1 aliphatic rings. The molecular weight excluding hydrogens is 432 g/mol. The molecule has 1 aliphatic heterocycles. The molecule has 0 saturated heterocycles. The summed E-state index contributed by atoms with van der Waals surface area (Å²) < 4.78 is 6.73. The molecule has 0 radical (unpaired) electrons. The Bertz CT molecular complexity index is 1290. The third-order valence-corrected chi connectivity index (χ3v) is 5.61. The minimum absolute atomic E-state index is 0.113. The van der Waals surface area contributed by atoms with Gasteiger partial charge in [-0.15, -0.1) is 0 Å². The van der Waals surface area contributed by atoms with Crippen molar-refractivity contribution in [2.24, 2.45) is 0 Å². The molecule has 1 unspecified atom stereocenters. The van der Waals surface area contributed by atoms with Gasteiger partial charge in [-0.1, -0.05) is 52.3 Å². The zero-order chi connectivity index (χ0) is 20.0. The fourth-order valence-corrected chi connectivity index (χ4v) is 4.19. The Balaban J connectivity index is 1.74. The maximum Gasteiger partial charge on any atom is 0.291 e. The number of aromatic nitrogens is 1. The molecule has 0 saturated carbocycles. The van der Waals surface area contributed by atoms with Crippen molar-refractivity contribution < 1.29 is 9.21 Å². The van der Waals surface area contributed by atoms with Gasteiger partial charge in [-0.3, -0.25) is 14.6 Å².